The summed E-state index contributed by atoms with van der Waals surface area (Å²) in [5, 5.41) is 92.3. The van der Waals surface area contributed by atoms with Crippen LogP contribution in [0.25, 0.3) is 0 Å². The Kier molecular flexibility index (Phi) is 13.6. The molecule has 4 unspecified atom stereocenters. The third-order valence-electron chi connectivity index (χ3n) is 7.46. The van der Waals surface area contributed by atoms with Crippen molar-refractivity contribution in [1.29, 1.82) is 0 Å². The Bertz CT molecular complexity index is 897. The van der Waals surface area contributed by atoms with Crippen molar-refractivity contribution in [3.63, 3.8) is 0 Å². The fourth-order valence-electron chi connectivity index (χ4n) is 4.47. The van der Waals surface area contributed by atoms with Gasteiger partial charge < -0.3 is 70.3 Å². The molecule has 0 aliphatic carbocycles. The zero-order valence-corrected chi connectivity index (χ0v) is 23.3. The molecule has 2 fully saturated rings. The monoisotopic (exact) mass is 614 g/mol. The van der Waals surface area contributed by atoms with Crippen LogP contribution in [0.5, 0.6) is 0 Å². The maximum atomic E-state index is 12.4. The van der Waals surface area contributed by atoms with E-state index in [0.29, 0.717) is 6.29 Å². The van der Waals surface area contributed by atoms with E-state index in [-0.39, 0.29) is 0 Å². The Hall–Kier alpha value is -1.91. The number of aliphatic hydroxyl groups excluding tert-OH is 8. The summed E-state index contributed by atoms with van der Waals surface area (Å²) < 4.78 is 16.6. The lowest BCUT2D eigenvalue weighted by Gasteiger charge is -2.46. The van der Waals surface area contributed by atoms with Crippen molar-refractivity contribution in [3.05, 3.63) is 0 Å². The largest absolute Gasteiger partial charge is 0.477 e. The highest BCUT2D eigenvalue weighted by atomic mass is 16.8. The molecule has 244 valence electrons. The first kappa shape index (κ1) is 36.3. The van der Waals surface area contributed by atoms with E-state index in [2.05, 4.69) is 10.8 Å². The van der Waals surface area contributed by atoms with E-state index >= 15 is 0 Å². The number of carbonyl (C=O) groups is 3. The van der Waals surface area contributed by atoms with Gasteiger partial charge in [-0.05, 0) is 6.92 Å². The smallest absolute Gasteiger partial charge is 0.364 e. The quantitative estimate of drug-likeness (QED) is 0.0605. The summed E-state index contributed by atoms with van der Waals surface area (Å²) in [4.78, 5) is 41.0. The van der Waals surface area contributed by atoms with Gasteiger partial charge in [0, 0.05) is 18.3 Å². The number of amides is 1. The lowest BCUT2D eigenvalue weighted by molar-refractivity contribution is -0.342. The fraction of sp³-hybridized carbons (Fsp3) is 0.875. The predicted molar refractivity (Wildman–Crippen MR) is 135 cm³/mol. The number of carboxylic acids is 1. The van der Waals surface area contributed by atoms with E-state index in [4.69, 9.17) is 19.0 Å². The molecule has 1 amide bonds. The number of nitrogens with one attached hydrogen (secondary N) is 2. The molecule has 11 N–H and O–H groups in total. The average molecular weight is 615 g/mol. The Morgan fingerprint density at radius 3 is 2.24 bits per heavy atom. The standard InChI is InChI=1S/C24H42N2O16/c1-9-14(31)4-24(23(37)38,41-20(9)18(34)15(32)7-29)39-8-16-19(35)17(33)10(2)22(40-16)42-26-13(6-28)21(36)25-12(5-27)11(3)30/h5,9-20,22,26,28-35H,4,6-8H2,1-3H3,(H,25,36)(H,37,38)/t9-,10?,11-,12-,13?,14-,15-,16?,17-,18-,19+,20?,22-,24-/m1/s1. The highest BCUT2D eigenvalue weighted by molar-refractivity contribution is 5.84. The summed E-state index contributed by atoms with van der Waals surface area (Å²) in [5.74, 6) is -7.09. The maximum absolute atomic E-state index is 12.4. The average Bonchev–Trinajstić information content (AvgIpc) is 2.95. The fourth-order valence-corrected chi connectivity index (χ4v) is 4.47. The molecule has 2 saturated heterocycles. The number of aliphatic hydroxyl groups is 8. The molecule has 0 aromatic rings. The van der Waals surface area contributed by atoms with Gasteiger partial charge in [0.25, 0.3) is 5.79 Å². The van der Waals surface area contributed by atoms with Crippen molar-refractivity contribution >= 4 is 18.2 Å². The molecular weight excluding hydrogens is 572 g/mol. The van der Waals surface area contributed by atoms with Crippen LogP contribution in [0.4, 0.5) is 0 Å². The Balaban J connectivity index is 2.14. The summed E-state index contributed by atoms with van der Waals surface area (Å²) in [6, 6.07) is -2.73. The van der Waals surface area contributed by atoms with Crippen LogP contribution in [-0.4, -0.2) is 157 Å². The van der Waals surface area contributed by atoms with E-state index in [1.165, 1.54) is 20.8 Å². The molecule has 0 aromatic heterocycles. The van der Waals surface area contributed by atoms with Crippen LogP contribution in [0, 0.1) is 11.8 Å². The van der Waals surface area contributed by atoms with Gasteiger partial charge in [0.2, 0.25) is 5.91 Å². The highest BCUT2D eigenvalue weighted by Crippen LogP contribution is 2.37. The lowest BCUT2D eigenvalue weighted by Crippen LogP contribution is -2.63. The summed E-state index contributed by atoms with van der Waals surface area (Å²) >= 11 is 0. The molecule has 0 spiro atoms. The first-order valence-electron chi connectivity index (χ1n) is 13.3. The predicted octanol–water partition coefficient (Wildman–Crippen LogP) is -5.69. The van der Waals surface area contributed by atoms with Crippen molar-refractivity contribution in [2.75, 3.05) is 19.8 Å². The minimum absolute atomic E-state index is 0.295. The van der Waals surface area contributed by atoms with E-state index in [1.54, 1.807) is 0 Å². The highest BCUT2D eigenvalue weighted by Gasteiger charge is 2.55. The number of aliphatic carboxylic acids is 1. The third-order valence-corrected chi connectivity index (χ3v) is 7.46. The van der Waals surface area contributed by atoms with Gasteiger partial charge in [-0.15, -0.1) is 0 Å². The Morgan fingerprint density at radius 2 is 1.71 bits per heavy atom. The van der Waals surface area contributed by atoms with E-state index in [9.17, 15) is 60.3 Å². The van der Waals surface area contributed by atoms with Crippen LogP contribution in [0.15, 0.2) is 0 Å². The van der Waals surface area contributed by atoms with Gasteiger partial charge in [-0.3, -0.25) is 9.63 Å². The van der Waals surface area contributed by atoms with Crippen LogP contribution < -0.4 is 10.8 Å². The zero-order chi connectivity index (χ0) is 31.9. The second kappa shape index (κ2) is 15.7. The minimum Gasteiger partial charge on any atom is -0.477 e. The maximum Gasteiger partial charge on any atom is 0.364 e. The third kappa shape index (κ3) is 8.38. The van der Waals surface area contributed by atoms with Crippen LogP contribution >= 0.6 is 0 Å². The van der Waals surface area contributed by atoms with E-state index in [0.717, 1.165) is 0 Å². The number of carboxylic acid groups (broad SMARTS) is 1. The van der Waals surface area contributed by atoms with Gasteiger partial charge in [0.1, 0.15) is 42.8 Å². The Labute approximate surface area is 240 Å². The van der Waals surface area contributed by atoms with E-state index < -0.39 is 123 Å². The second-order valence-electron chi connectivity index (χ2n) is 10.6. The SMILES string of the molecule is CC1[C@@H](ONC(CO)C(=O)N[C@H](C=O)[C@@H](C)O)OC(CO[C@]2(C(=O)O)C[C@@H](O)[C@@H](C)C([C@H](O)[C@H](O)CO)O2)[C@H](O)[C@@H]1O. The molecule has 2 aliphatic heterocycles. The van der Waals surface area contributed by atoms with Gasteiger partial charge >= 0.3 is 5.97 Å². The number of ether oxygens (including phenoxy) is 3. The number of rotatable bonds is 15. The summed E-state index contributed by atoms with van der Waals surface area (Å²) in [6.07, 6.45) is -14.0. The van der Waals surface area contributed by atoms with Crippen LogP contribution in [0.3, 0.4) is 0 Å². The molecule has 18 heteroatoms. The number of carbonyl (C=O) groups excluding carboxylic acids is 2. The molecule has 0 aromatic carbocycles. The van der Waals surface area contributed by atoms with Crippen LogP contribution in [0.1, 0.15) is 27.2 Å². The van der Waals surface area contributed by atoms with Crippen molar-refractivity contribution in [2.45, 2.75) is 100 Å². The first-order valence-corrected chi connectivity index (χ1v) is 13.3. The molecule has 0 bridgehead atoms. The van der Waals surface area contributed by atoms with Gasteiger partial charge in [-0.1, -0.05) is 13.8 Å². The summed E-state index contributed by atoms with van der Waals surface area (Å²) in [7, 11) is 0. The summed E-state index contributed by atoms with van der Waals surface area (Å²) in [5.41, 5.74) is 2.23. The van der Waals surface area contributed by atoms with Crippen molar-refractivity contribution in [3.8, 4) is 0 Å². The molecule has 2 rings (SSSR count). The number of hydroxylamine groups is 1. The van der Waals surface area contributed by atoms with Gasteiger partial charge in [-0.2, -0.15) is 5.48 Å². The lowest BCUT2D eigenvalue weighted by atomic mass is 9.84. The van der Waals surface area contributed by atoms with Gasteiger partial charge in [-0.25, -0.2) is 4.79 Å². The molecule has 18 nitrogen and oxygen atoms in total. The minimum atomic E-state index is -2.60. The zero-order valence-electron chi connectivity index (χ0n) is 23.3. The Morgan fingerprint density at radius 1 is 1.07 bits per heavy atom. The molecule has 42 heavy (non-hydrogen) atoms. The van der Waals surface area contributed by atoms with Crippen LogP contribution in [-0.2, 0) is 33.4 Å². The molecule has 0 radical (unpaired) electrons. The summed E-state index contributed by atoms with van der Waals surface area (Å²) in [6.45, 7) is 1.64. The molecule has 14 atom stereocenters. The molecule has 0 saturated carbocycles. The van der Waals surface area contributed by atoms with Crippen molar-refractivity contribution in [1.82, 2.24) is 10.8 Å². The second-order valence-corrected chi connectivity index (χ2v) is 10.6. The normalized spacial score (nSPS) is 37.2. The number of hydrogen-bond acceptors (Lipinski definition) is 16. The van der Waals surface area contributed by atoms with E-state index in [1.807, 2.05) is 0 Å². The number of hydrogen-bond donors (Lipinski definition) is 11. The van der Waals surface area contributed by atoms with Crippen molar-refractivity contribution in [2.24, 2.45) is 11.8 Å². The van der Waals surface area contributed by atoms with Crippen LogP contribution in [0.2, 0.25) is 0 Å². The topological polar surface area (TPSA) is 294 Å². The first-order chi connectivity index (χ1) is 19.6. The van der Waals surface area contributed by atoms with Crippen molar-refractivity contribution < 1.29 is 79.4 Å². The van der Waals surface area contributed by atoms with Gasteiger partial charge in [0.05, 0.1) is 44.2 Å². The van der Waals surface area contributed by atoms with Gasteiger partial charge in [0.15, 0.2) is 6.29 Å². The number of aldehydes is 1. The molecule has 2 aliphatic rings. The molecular formula is C24H42N2O16. The molecule has 2 heterocycles.